The van der Waals surface area contributed by atoms with Gasteiger partial charge >= 0.3 is 6.03 Å². The van der Waals surface area contributed by atoms with Crippen LogP contribution < -0.4 is 21.3 Å². The Balaban J connectivity index is 1.55. The number of piperidine rings is 1. The third kappa shape index (κ3) is 8.70. The first kappa shape index (κ1) is 39.7. The van der Waals surface area contributed by atoms with Crippen molar-refractivity contribution in [2.24, 2.45) is 34.5 Å². The van der Waals surface area contributed by atoms with E-state index in [0.29, 0.717) is 19.4 Å². The van der Waals surface area contributed by atoms with E-state index in [1.54, 1.807) is 4.90 Å². The number of nitrogens with zero attached hydrogens (tertiary/aromatic N) is 3. The number of fused-ring (bicyclic) bond motifs is 1. The number of carbonyl (C=O) groups excluding carboxylic acids is 5. The molecule has 4 fully saturated rings. The molecule has 14 nitrogen and oxygen atoms in total. The molecule has 282 valence electrons. The lowest BCUT2D eigenvalue weighted by molar-refractivity contribution is -0.145. The summed E-state index contributed by atoms with van der Waals surface area (Å²) in [5.74, 6) is -2.62. The molecule has 1 unspecified atom stereocenters. The highest BCUT2D eigenvalue weighted by Gasteiger charge is 2.70. The summed E-state index contributed by atoms with van der Waals surface area (Å²) in [6.07, 6.45) is 7.24. The number of rotatable bonds is 15. The van der Waals surface area contributed by atoms with Gasteiger partial charge in [0.2, 0.25) is 17.6 Å². The van der Waals surface area contributed by atoms with Crippen LogP contribution in [0.5, 0.6) is 0 Å². The van der Waals surface area contributed by atoms with E-state index in [9.17, 15) is 32.4 Å². The van der Waals surface area contributed by atoms with Gasteiger partial charge in [0, 0.05) is 46.8 Å². The predicted octanol–water partition coefficient (Wildman–Crippen LogP) is 1.64. The standard InChI is InChI=1S/C35H59N7O7S/c1-10-18-36-31(45)29(43)26(22-16-17-22)38-30(44)28-25-23(35(25,5)6)19-42(28)32(46)27(21-14-12-11-13-15-21)39-33(47)37-24(34(2,3)4)20-41(9)50(48,49)40(7)8/h10,21-28H,1,11-20H2,2-9H3,(H,36,45)(H,38,44)(H2,37,39,47)/t23-,24+,25-,26?,27-,28-/m0/s1. The van der Waals surface area contributed by atoms with Gasteiger partial charge in [-0.25, -0.2) is 4.79 Å². The average molecular weight is 722 g/mol. The summed E-state index contributed by atoms with van der Waals surface area (Å²) in [7, 11) is 0.617. The summed E-state index contributed by atoms with van der Waals surface area (Å²) < 4.78 is 27.9. The maximum atomic E-state index is 14.6. The number of likely N-dealkylation sites (tertiary alicyclic amines) is 1. The van der Waals surface area contributed by atoms with Crippen molar-refractivity contribution in [3.05, 3.63) is 12.7 Å². The number of carbonyl (C=O) groups is 5. The summed E-state index contributed by atoms with van der Waals surface area (Å²) in [4.78, 5) is 69.7. The van der Waals surface area contributed by atoms with Crippen molar-refractivity contribution < 1.29 is 32.4 Å². The van der Waals surface area contributed by atoms with E-state index in [-0.39, 0.29) is 48.1 Å². The number of nitrogens with one attached hydrogen (secondary N) is 4. The van der Waals surface area contributed by atoms with Gasteiger partial charge in [-0.15, -0.1) is 6.58 Å². The second-order valence-corrected chi connectivity index (χ2v) is 18.8. The minimum Gasteiger partial charge on any atom is -0.346 e. The predicted molar refractivity (Wildman–Crippen MR) is 190 cm³/mol. The second-order valence-electron chi connectivity index (χ2n) is 16.6. The zero-order chi connectivity index (χ0) is 37.3. The quantitative estimate of drug-likeness (QED) is 0.147. The molecule has 4 rings (SSSR count). The molecule has 4 aliphatic rings. The van der Waals surface area contributed by atoms with Gasteiger partial charge in [0.1, 0.15) is 18.1 Å². The Morgan fingerprint density at radius 1 is 0.920 bits per heavy atom. The number of ketones is 1. The van der Waals surface area contributed by atoms with E-state index in [2.05, 4.69) is 41.7 Å². The van der Waals surface area contributed by atoms with E-state index in [1.807, 2.05) is 20.8 Å². The maximum Gasteiger partial charge on any atom is 0.315 e. The van der Waals surface area contributed by atoms with E-state index < -0.39 is 63.4 Å². The van der Waals surface area contributed by atoms with E-state index in [4.69, 9.17) is 0 Å². The van der Waals surface area contributed by atoms with Crippen molar-refractivity contribution >= 4 is 39.7 Å². The van der Waals surface area contributed by atoms with Gasteiger partial charge in [-0.05, 0) is 60.2 Å². The Morgan fingerprint density at radius 3 is 2.06 bits per heavy atom. The molecule has 3 saturated carbocycles. The number of likely N-dealkylation sites (N-methyl/N-ethyl adjacent to an activating group) is 1. The number of amides is 5. The number of hydrogen-bond acceptors (Lipinski definition) is 7. The Morgan fingerprint density at radius 2 is 1.52 bits per heavy atom. The smallest absolute Gasteiger partial charge is 0.315 e. The molecule has 0 radical (unpaired) electrons. The first-order valence-electron chi connectivity index (χ1n) is 18.0. The van der Waals surface area contributed by atoms with Crippen molar-refractivity contribution in [2.45, 2.75) is 104 Å². The Labute approximate surface area is 298 Å². The summed E-state index contributed by atoms with van der Waals surface area (Å²) in [5.41, 5.74) is -0.718. The van der Waals surface area contributed by atoms with Crippen LogP contribution in [-0.2, 0) is 29.4 Å². The molecular weight excluding hydrogens is 662 g/mol. The van der Waals surface area contributed by atoms with Gasteiger partial charge in [-0.1, -0.05) is 60.0 Å². The maximum absolute atomic E-state index is 14.6. The van der Waals surface area contributed by atoms with Crippen LogP contribution in [0.4, 0.5) is 4.79 Å². The van der Waals surface area contributed by atoms with E-state index >= 15 is 0 Å². The fourth-order valence-electron chi connectivity index (χ4n) is 7.81. The molecule has 0 bridgehead atoms. The molecule has 0 aromatic heterocycles. The Bertz CT molecular complexity index is 1430. The summed E-state index contributed by atoms with van der Waals surface area (Å²) in [5, 5.41) is 11.3. The number of urea groups is 1. The normalized spacial score (nSPS) is 25.2. The van der Waals surface area contributed by atoms with Gasteiger partial charge in [-0.2, -0.15) is 17.0 Å². The Kier molecular flexibility index (Phi) is 12.1. The SMILES string of the molecule is C=CCNC(=O)C(=O)C(NC(=O)[C@@H]1[C@@H]2[C@H](CN1C(=O)[C@@H](NC(=O)N[C@H](CN(C)S(=O)(=O)N(C)C)C(C)(C)C)C1CCCCC1)C2(C)C)C1CC1. The van der Waals surface area contributed by atoms with Crippen LogP contribution in [0.15, 0.2) is 12.7 Å². The fraction of sp³-hybridized carbons (Fsp3) is 0.800. The number of Topliss-reactive ketones (excluding diaryl/α,β-unsaturated/α-hetero) is 1. The first-order chi connectivity index (χ1) is 23.2. The molecule has 5 amide bonds. The average Bonchev–Trinajstić information content (AvgIpc) is 3.92. The van der Waals surface area contributed by atoms with Crippen LogP contribution in [0, 0.1) is 34.5 Å². The zero-order valence-corrected chi connectivity index (χ0v) is 31.9. The van der Waals surface area contributed by atoms with E-state index in [0.717, 1.165) is 36.4 Å². The van der Waals surface area contributed by atoms with Crippen LogP contribution in [0.1, 0.15) is 79.6 Å². The van der Waals surface area contributed by atoms with Crippen LogP contribution in [0.2, 0.25) is 0 Å². The molecule has 0 aromatic rings. The highest BCUT2D eigenvalue weighted by atomic mass is 32.2. The number of hydrogen-bond donors (Lipinski definition) is 4. The first-order valence-corrected chi connectivity index (χ1v) is 19.4. The van der Waals surface area contributed by atoms with Crippen LogP contribution in [0.25, 0.3) is 0 Å². The molecule has 0 aromatic carbocycles. The molecule has 0 spiro atoms. The monoisotopic (exact) mass is 721 g/mol. The van der Waals surface area contributed by atoms with Crippen LogP contribution in [0.3, 0.4) is 0 Å². The van der Waals surface area contributed by atoms with Crippen molar-refractivity contribution in [2.75, 3.05) is 40.8 Å². The minimum atomic E-state index is -3.73. The molecule has 4 N–H and O–H groups in total. The topological polar surface area (TPSA) is 177 Å². The van der Waals surface area contributed by atoms with E-state index in [1.165, 1.54) is 31.5 Å². The molecule has 1 saturated heterocycles. The van der Waals surface area contributed by atoms with Crippen molar-refractivity contribution in [3.8, 4) is 0 Å². The van der Waals surface area contributed by atoms with Gasteiger partial charge in [0.05, 0.1) is 0 Å². The van der Waals surface area contributed by atoms with Crippen molar-refractivity contribution in [1.82, 2.24) is 34.8 Å². The second kappa shape index (κ2) is 15.3. The summed E-state index contributed by atoms with van der Waals surface area (Å²) in [6.45, 7) is 13.9. The van der Waals surface area contributed by atoms with Crippen molar-refractivity contribution in [3.63, 3.8) is 0 Å². The molecule has 50 heavy (non-hydrogen) atoms. The third-order valence-electron chi connectivity index (χ3n) is 11.4. The lowest BCUT2D eigenvalue weighted by atomic mass is 9.83. The van der Waals surface area contributed by atoms with Gasteiger partial charge in [-0.3, -0.25) is 19.2 Å². The largest absolute Gasteiger partial charge is 0.346 e. The fourth-order valence-corrected chi connectivity index (χ4v) is 8.70. The third-order valence-corrected chi connectivity index (χ3v) is 13.2. The van der Waals surface area contributed by atoms with Gasteiger partial charge in [0.25, 0.3) is 16.1 Å². The molecule has 15 heteroatoms. The molecule has 1 heterocycles. The zero-order valence-electron chi connectivity index (χ0n) is 31.1. The summed E-state index contributed by atoms with van der Waals surface area (Å²) in [6, 6.07) is -3.91. The summed E-state index contributed by atoms with van der Waals surface area (Å²) >= 11 is 0. The lowest BCUT2D eigenvalue weighted by Crippen LogP contribution is -2.62. The van der Waals surface area contributed by atoms with Gasteiger partial charge < -0.3 is 26.2 Å². The van der Waals surface area contributed by atoms with Crippen LogP contribution in [-0.4, -0.2) is 116 Å². The lowest BCUT2D eigenvalue weighted by Gasteiger charge is -2.38. The Hall–Kier alpha value is -3.04. The van der Waals surface area contributed by atoms with Crippen molar-refractivity contribution in [1.29, 1.82) is 0 Å². The molecule has 6 atom stereocenters. The molecular formula is C35H59N7O7S. The molecule has 1 aliphatic heterocycles. The molecule has 3 aliphatic carbocycles. The minimum absolute atomic E-state index is 0.0127. The van der Waals surface area contributed by atoms with Gasteiger partial charge in [0.15, 0.2) is 0 Å². The highest BCUT2D eigenvalue weighted by molar-refractivity contribution is 7.86. The van der Waals surface area contributed by atoms with Crippen LogP contribution >= 0.6 is 0 Å². The highest BCUT2D eigenvalue weighted by Crippen LogP contribution is 2.65.